The van der Waals surface area contributed by atoms with Crippen molar-refractivity contribution in [2.45, 2.75) is 27.7 Å². The van der Waals surface area contributed by atoms with E-state index < -0.39 is 4.92 Å². The highest BCUT2D eigenvalue weighted by atomic mass is 16.6. The number of hydrogen-bond donors (Lipinski definition) is 1. The van der Waals surface area contributed by atoms with Crippen molar-refractivity contribution in [2.75, 3.05) is 45.6 Å². The molecule has 0 spiro atoms. The van der Waals surface area contributed by atoms with Gasteiger partial charge in [0.1, 0.15) is 0 Å². The average molecular weight is 415 g/mol. The Kier molecular flexibility index (Phi) is 10.7. The molecule has 1 aliphatic heterocycles. The molecule has 0 radical (unpaired) electrons. The second-order valence-electron chi connectivity index (χ2n) is 7.19. The maximum absolute atomic E-state index is 12.0. The van der Waals surface area contributed by atoms with E-state index in [9.17, 15) is 14.9 Å². The number of nitrogens with zero attached hydrogens (tertiary/aromatic N) is 3. The molecule has 0 unspecified atom stereocenters. The zero-order chi connectivity index (χ0) is 22.7. The van der Waals surface area contributed by atoms with Crippen molar-refractivity contribution in [3.63, 3.8) is 0 Å². The first-order valence-electron chi connectivity index (χ1n) is 10.3. The zero-order valence-electron chi connectivity index (χ0n) is 18.9. The van der Waals surface area contributed by atoms with Crippen molar-refractivity contribution in [1.82, 2.24) is 9.80 Å². The van der Waals surface area contributed by atoms with E-state index in [1.54, 1.807) is 31.2 Å². The molecule has 164 valence electrons. The monoisotopic (exact) mass is 414 g/mol. The molecule has 0 aromatic heterocycles. The quantitative estimate of drug-likeness (QED) is 0.597. The number of nitro benzene ring substituents is 1. The van der Waals surface area contributed by atoms with Gasteiger partial charge in [0.15, 0.2) is 0 Å². The van der Waals surface area contributed by atoms with Crippen LogP contribution >= 0.6 is 0 Å². The number of anilines is 1. The number of rotatable bonds is 3. The van der Waals surface area contributed by atoms with E-state index in [0.29, 0.717) is 16.8 Å². The van der Waals surface area contributed by atoms with Crippen LogP contribution in [0.2, 0.25) is 0 Å². The highest BCUT2D eigenvalue weighted by Crippen LogP contribution is 2.22. The third-order valence-electron chi connectivity index (χ3n) is 4.70. The van der Waals surface area contributed by atoms with Gasteiger partial charge in [-0.15, -0.1) is 0 Å². The van der Waals surface area contributed by atoms with Crippen LogP contribution in [-0.2, 0) is 0 Å². The predicted octanol–water partition coefficient (Wildman–Crippen LogP) is 4.35. The van der Waals surface area contributed by atoms with Gasteiger partial charge in [0.2, 0.25) is 0 Å². The average Bonchev–Trinajstić information content (AvgIpc) is 2.74. The summed E-state index contributed by atoms with van der Waals surface area (Å²) >= 11 is 0. The molecule has 0 atom stereocenters. The largest absolute Gasteiger partial charge is 0.322 e. The summed E-state index contributed by atoms with van der Waals surface area (Å²) in [5.41, 5.74) is 2.54. The minimum absolute atomic E-state index is 0.00768. The zero-order valence-corrected chi connectivity index (χ0v) is 18.9. The van der Waals surface area contributed by atoms with Crippen LogP contribution in [0.1, 0.15) is 35.3 Å². The van der Waals surface area contributed by atoms with Gasteiger partial charge in [-0.25, -0.2) is 0 Å². The van der Waals surface area contributed by atoms with E-state index in [-0.39, 0.29) is 11.6 Å². The molecule has 2 aromatic carbocycles. The Balaban J connectivity index is 0.000000375. The Morgan fingerprint density at radius 2 is 1.43 bits per heavy atom. The molecule has 0 saturated carbocycles. The topological polar surface area (TPSA) is 78.7 Å². The van der Waals surface area contributed by atoms with E-state index in [1.807, 2.05) is 32.9 Å². The molecule has 0 bridgehead atoms. The van der Waals surface area contributed by atoms with Gasteiger partial charge in [-0.05, 0) is 46.1 Å². The van der Waals surface area contributed by atoms with Gasteiger partial charge in [0, 0.05) is 49.1 Å². The first-order valence-corrected chi connectivity index (χ1v) is 10.3. The summed E-state index contributed by atoms with van der Waals surface area (Å²) in [5.74, 6) is -0.289. The van der Waals surface area contributed by atoms with Gasteiger partial charge < -0.3 is 15.1 Å². The first kappa shape index (κ1) is 25.3. The number of piperazine rings is 1. The van der Waals surface area contributed by atoms with E-state index in [4.69, 9.17) is 0 Å². The molecular formula is C23H34N4O3. The molecule has 1 heterocycles. The molecule has 1 aliphatic rings. The molecule has 0 aliphatic carbocycles. The number of nitrogens with one attached hydrogen (secondary N) is 1. The minimum atomic E-state index is -0.461. The van der Waals surface area contributed by atoms with Gasteiger partial charge in [-0.3, -0.25) is 14.9 Å². The van der Waals surface area contributed by atoms with Crippen molar-refractivity contribution < 1.29 is 9.72 Å². The molecule has 30 heavy (non-hydrogen) atoms. The van der Waals surface area contributed by atoms with Crippen molar-refractivity contribution in [1.29, 1.82) is 0 Å². The Labute approximate surface area is 179 Å². The van der Waals surface area contributed by atoms with Gasteiger partial charge in [-0.1, -0.05) is 37.6 Å². The number of amides is 1. The van der Waals surface area contributed by atoms with Crippen LogP contribution in [0.3, 0.4) is 0 Å². The number of likely N-dealkylation sites (N-methyl/N-ethyl adjacent to an activating group) is 2. The fraction of sp³-hybridized carbons (Fsp3) is 0.435. The van der Waals surface area contributed by atoms with Crippen molar-refractivity contribution in [2.24, 2.45) is 0 Å². The SMILES string of the molecule is CC.CN1CCN(C)CC1.Cc1ccc(C(=O)Nc2ccc(C)c([N+](=O)[O-])c2)cc1. The Morgan fingerprint density at radius 1 is 0.933 bits per heavy atom. The molecule has 7 nitrogen and oxygen atoms in total. The van der Waals surface area contributed by atoms with Crippen LogP contribution in [0.4, 0.5) is 11.4 Å². The van der Waals surface area contributed by atoms with Crippen molar-refractivity contribution in [3.8, 4) is 0 Å². The Hall–Kier alpha value is -2.77. The fourth-order valence-corrected chi connectivity index (χ4v) is 2.70. The number of nitro groups is 1. The highest BCUT2D eigenvalue weighted by molar-refractivity contribution is 6.04. The molecule has 1 saturated heterocycles. The highest BCUT2D eigenvalue weighted by Gasteiger charge is 2.13. The van der Waals surface area contributed by atoms with Crippen LogP contribution in [0.5, 0.6) is 0 Å². The lowest BCUT2D eigenvalue weighted by Crippen LogP contribution is -2.42. The lowest BCUT2D eigenvalue weighted by atomic mass is 10.1. The van der Waals surface area contributed by atoms with Gasteiger partial charge >= 0.3 is 0 Å². The van der Waals surface area contributed by atoms with Crippen LogP contribution in [0.15, 0.2) is 42.5 Å². The summed E-state index contributed by atoms with van der Waals surface area (Å²) < 4.78 is 0. The third-order valence-corrected chi connectivity index (χ3v) is 4.70. The number of benzene rings is 2. The lowest BCUT2D eigenvalue weighted by molar-refractivity contribution is -0.385. The van der Waals surface area contributed by atoms with Crippen molar-refractivity contribution >= 4 is 17.3 Å². The fourth-order valence-electron chi connectivity index (χ4n) is 2.70. The number of hydrogen-bond acceptors (Lipinski definition) is 5. The molecule has 3 rings (SSSR count). The van der Waals surface area contributed by atoms with Gasteiger partial charge in [0.05, 0.1) is 4.92 Å². The van der Waals surface area contributed by atoms with Gasteiger partial charge in [-0.2, -0.15) is 0 Å². The molecule has 1 fully saturated rings. The molecular weight excluding hydrogens is 380 g/mol. The molecule has 1 amide bonds. The third kappa shape index (κ3) is 8.31. The van der Waals surface area contributed by atoms with Crippen LogP contribution in [-0.4, -0.2) is 60.9 Å². The second kappa shape index (κ2) is 12.7. The Bertz CT molecular complexity index is 804. The maximum Gasteiger partial charge on any atom is 0.274 e. The van der Waals surface area contributed by atoms with Crippen LogP contribution in [0, 0.1) is 24.0 Å². The molecule has 7 heteroatoms. The van der Waals surface area contributed by atoms with E-state index in [1.165, 1.54) is 32.2 Å². The summed E-state index contributed by atoms with van der Waals surface area (Å²) in [4.78, 5) is 27.1. The summed E-state index contributed by atoms with van der Waals surface area (Å²) in [5, 5.41) is 13.5. The lowest BCUT2D eigenvalue weighted by Gasteiger charge is -2.28. The number of carbonyl (C=O) groups is 1. The van der Waals surface area contributed by atoms with Crippen molar-refractivity contribution in [3.05, 3.63) is 69.3 Å². The predicted molar refractivity (Wildman–Crippen MR) is 123 cm³/mol. The molecule has 2 aromatic rings. The van der Waals surface area contributed by atoms with Crippen LogP contribution < -0.4 is 5.32 Å². The Morgan fingerprint density at radius 3 is 1.90 bits per heavy atom. The maximum atomic E-state index is 12.0. The number of aryl methyl sites for hydroxylation is 2. The summed E-state index contributed by atoms with van der Waals surface area (Å²) in [7, 11) is 4.35. The van der Waals surface area contributed by atoms with E-state index in [2.05, 4.69) is 29.2 Å². The second-order valence-corrected chi connectivity index (χ2v) is 7.19. The summed E-state index contributed by atoms with van der Waals surface area (Å²) in [6, 6.07) is 11.7. The first-order chi connectivity index (χ1) is 14.3. The summed E-state index contributed by atoms with van der Waals surface area (Å²) in [6.45, 7) is 12.5. The smallest absolute Gasteiger partial charge is 0.274 e. The molecule has 1 N–H and O–H groups in total. The standard InChI is InChI=1S/C15H14N2O3.C6H14N2.C2H6/c1-10-3-6-12(7-4-10)15(18)16-13-8-5-11(2)14(9-13)17(19)20;1-7-3-5-8(2)6-4-7;1-2/h3-9H,1-2H3,(H,16,18);3-6H2,1-2H3;1-2H3. The number of carbonyl (C=O) groups excluding carboxylic acids is 1. The van der Waals surface area contributed by atoms with E-state index >= 15 is 0 Å². The normalized spacial score (nSPS) is 13.9. The van der Waals surface area contributed by atoms with Gasteiger partial charge in [0.25, 0.3) is 11.6 Å². The van der Waals surface area contributed by atoms with Crippen LogP contribution in [0.25, 0.3) is 0 Å². The van der Waals surface area contributed by atoms with E-state index in [0.717, 1.165) is 5.56 Å². The summed E-state index contributed by atoms with van der Waals surface area (Å²) in [6.07, 6.45) is 0. The minimum Gasteiger partial charge on any atom is -0.322 e.